The summed E-state index contributed by atoms with van der Waals surface area (Å²) in [5.41, 5.74) is 2.10. The summed E-state index contributed by atoms with van der Waals surface area (Å²) in [5, 5.41) is 0.137. The van der Waals surface area contributed by atoms with Gasteiger partial charge in [-0.25, -0.2) is 4.98 Å². The minimum Gasteiger partial charge on any atom is -0.351 e. The second-order valence-corrected chi connectivity index (χ2v) is 4.69. The third-order valence-corrected chi connectivity index (χ3v) is 3.42. The second kappa shape index (κ2) is 5.89. The van der Waals surface area contributed by atoms with Gasteiger partial charge in [-0.1, -0.05) is 35.9 Å². The minimum atomic E-state index is -0.310. The van der Waals surface area contributed by atoms with E-state index < -0.39 is 0 Å². The second-order valence-electron chi connectivity index (χ2n) is 4.31. The van der Waals surface area contributed by atoms with E-state index in [2.05, 4.69) is 29.0 Å². The Bertz CT molecular complexity index is 624. The Balaban J connectivity index is 2.33. The van der Waals surface area contributed by atoms with E-state index in [0.29, 0.717) is 12.4 Å². The van der Waals surface area contributed by atoms with Crippen molar-refractivity contribution in [3.05, 3.63) is 57.1 Å². The van der Waals surface area contributed by atoms with Gasteiger partial charge in [-0.2, -0.15) is 0 Å². The first-order chi connectivity index (χ1) is 9.13. The monoisotopic (exact) mass is 277 g/mol. The highest BCUT2D eigenvalue weighted by Crippen LogP contribution is 2.21. The molecule has 2 aromatic rings. The number of nitrogens with zero attached hydrogens (tertiary/aromatic N) is 2. The number of aryl methyl sites for hydroxylation is 1. The van der Waals surface area contributed by atoms with Crippen molar-refractivity contribution < 1.29 is 0 Å². The maximum atomic E-state index is 11.5. The molecule has 4 nitrogen and oxygen atoms in total. The summed E-state index contributed by atoms with van der Waals surface area (Å²) in [7, 11) is 0. The predicted molar refractivity (Wildman–Crippen MR) is 77.8 cm³/mol. The molecule has 0 aliphatic heterocycles. The van der Waals surface area contributed by atoms with E-state index in [1.807, 2.05) is 24.0 Å². The Labute approximate surface area is 117 Å². The standard InChI is InChI=1S/C14H16ClN3O/c1-3-18(8-11-7-5-4-6-10(11)2)13-12(15)14(19)17-9-16-13/h4-7,9H,3,8H2,1-2H3,(H,16,17,19). The van der Waals surface area contributed by atoms with Crippen molar-refractivity contribution in [1.82, 2.24) is 9.97 Å². The van der Waals surface area contributed by atoms with E-state index >= 15 is 0 Å². The zero-order valence-electron chi connectivity index (χ0n) is 11.0. The van der Waals surface area contributed by atoms with Crippen LogP contribution in [0.5, 0.6) is 0 Å². The molecule has 0 saturated heterocycles. The molecule has 0 saturated carbocycles. The largest absolute Gasteiger partial charge is 0.351 e. The average molecular weight is 278 g/mol. The van der Waals surface area contributed by atoms with Crippen LogP contribution in [0.3, 0.4) is 0 Å². The molecule has 0 spiro atoms. The van der Waals surface area contributed by atoms with Crippen LogP contribution in [0.2, 0.25) is 5.02 Å². The molecule has 1 aromatic carbocycles. The molecule has 0 fully saturated rings. The quantitative estimate of drug-likeness (QED) is 0.935. The van der Waals surface area contributed by atoms with E-state index in [9.17, 15) is 4.79 Å². The summed E-state index contributed by atoms with van der Waals surface area (Å²) in [6.07, 6.45) is 1.38. The molecule has 0 unspecified atom stereocenters. The first-order valence-electron chi connectivity index (χ1n) is 6.16. The van der Waals surface area contributed by atoms with Crippen LogP contribution in [0, 0.1) is 6.92 Å². The van der Waals surface area contributed by atoms with Crippen molar-refractivity contribution in [1.29, 1.82) is 0 Å². The molecule has 1 aromatic heterocycles. The summed E-state index contributed by atoms with van der Waals surface area (Å²) < 4.78 is 0. The molecule has 100 valence electrons. The summed E-state index contributed by atoms with van der Waals surface area (Å²) in [4.78, 5) is 20.2. The van der Waals surface area contributed by atoms with Gasteiger partial charge in [-0.15, -0.1) is 0 Å². The SMILES string of the molecule is CCN(Cc1ccccc1C)c1nc[nH]c(=O)c1Cl. The minimum absolute atomic E-state index is 0.137. The third-order valence-electron chi connectivity index (χ3n) is 3.08. The van der Waals surface area contributed by atoms with Crippen LogP contribution in [0.15, 0.2) is 35.4 Å². The number of anilines is 1. The lowest BCUT2D eigenvalue weighted by molar-refractivity contribution is 0.804. The molecule has 0 amide bonds. The number of hydrogen-bond acceptors (Lipinski definition) is 3. The molecule has 0 bridgehead atoms. The number of H-pyrrole nitrogens is 1. The van der Waals surface area contributed by atoms with E-state index in [1.54, 1.807) is 0 Å². The topological polar surface area (TPSA) is 49.0 Å². The van der Waals surface area contributed by atoms with Gasteiger partial charge in [0.25, 0.3) is 5.56 Å². The number of rotatable bonds is 4. The number of aromatic amines is 1. The molecule has 0 atom stereocenters. The first kappa shape index (κ1) is 13.6. The van der Waals surface area contributed by atoms with Gasteiger partial charge in [0, 0.05) is 13.1 Å². The highest BCUT2D eigenvalue weighted by atomic mass is 35.5. The van der Waals surface area contributed by atoms with Gasteiger partial charge in [-0.05, 0) is 25.0 Å². The average Bonchev–Trinajstić information content (AvgIpc) is 2.41. The molecule has 0 radical (unpaired) electrons. The fraction of sp³-hybridized carbons (Fsp3) is 0.286. The molecule has 1 heterocycles. The van der Waals surface area contributed by atoms with Gasteiger partial charge in [0.1, 0.15) is 5.02 Å². The lowest BCUT2D eigenvalue weighted by Crippen LogP contribution is -2.26. The summed E-state index contributed by atoms with van der Waals surface area (Å²) in [5.74, 6) is 0.524. The van der Waals surface area contributed by atoms with Crippen LogP contribution in [-0.4, -0.2) is 16.5 Å². The molecule has 0 aliphatic carbocycles. The lowest BCUT2D eigenvalue weighted by Gasteiger charge is -2.23. The highest BCUT2D eigenvalue weighted by Gasteiger charge is 2.14. The maximum absolute atomic E-state index is 11.5. The van der Waals surface area contributed by atoms with Crippen LogP contribution in [0.1, 0.15) is 18.1 Å². The Kier molecular flexibility index (Phi) is 4.22. The van der Waals surface area contributed by atoms with Gasteiger partial charge >= 0.3 is 0 Å². The Hall–Kier alpha value is -1.81. The van der Waals surface area contributed by atoms with Crippen LogP contribution >= 0.6 is 11.6 Å². The Morgan fingerprint density at radius 2 is 2.11 bits per heavy atom. The molecular weight excluding hydrogens is 262 g/mol. The zero-order valence-corrected chi connectivity index (χ0v) is 11.7. The van der Waals surface area contributed by atoms with Crippen LogP contribution in [0.25, 0.3) is 0 Å². The maximum Gasteiger partial charge on any atom is 0.271 e. The molecule has 5 heteroatoms. The number of aromatic nitrogens is 2. The molecular formula is C14H16ClN3O. The van der Waals surface area contributed by atoms with Crippen LogP contribution in [0.4, 0.5) is 5.82 Å². The predicted octanol–water partition coefficient (Wildman–Crippen LogP) is 2.76. The van der Waals surface area contributed by atoms with E-state index in [0.717, 1.165) is 6.54 Å². The molecule has 19 heavy (non-hydrogen) atoms. The van der Waals surface area contributed by atoms with Crippen molar-refractivity contribution in [2.45, 2.75) is 20.4 Å². The van der Waals surface area contributed by atoms with E-state index in [1.165, 1.54) is 17.5 Å². The number of nitrogens with one attached hydrogen (secondary N) is 1. The van der Waals surface area contributed by atoms with Crippen molar-refractivity contribution in [2.75, 3.05) is 11.4 Å². The normalized spacial score (nSPS) is 10.5. The fourth-order valence-corrected chi connectivity index (χ4v) is 2.15. The van der Waals surface area contributed by atoms with Crippen molar-refractivity contribution in [3.63, 3.8) is 0 Å². The number of benzene rings is 1. The molecule has 0 aliphatic rings. The zero-order chi connectivity index (χ0) is 13.8. The summed E-state index contributed by atoms with van der Waals surface area (Å²) >= 11 is 6.02. The van der Waals surface area contributed by atoms with Gasteiger partial charge in [0.2, 0.25) is 0 Å². The van der Waals surface area contributed by atoms with Gasteiger partial charge in [-0.3, -0.25) is 4.79 Å². The van der Waals surface area contributed by atoms with Gasteiger partial charge < -0.3 is 9.88 Å². The van der Waals surface area contributed by atoms with Crippen molar-refractivity contribution in [2.24, 2.45) is 0 Å². The summed E-state index contributed by atoms with van der Waals surface area (Å²) in [6, 6.07) is 8.14. The van der Waals surface area contributed by atoms with Gasteiger partial charge in [0.05, 0.1) is 6.33 Å². The van der Waals surface area contributed by atoms with E-state index in [-0.39, 0.29) is 10.6 Å². The number of halogens is 1. The third kappa shape index (κ3) is 2.96. The first-order valence-corrected chi connectivity index (χ1v) is 6.54. The smallest absolute Gasteiger partial charge is 0.271 e. The Morgan fingerprint density at radius 3 is 2.79 bits per heavy atom. The summed E-state index contributed by atoms with van der Waals surface area (Å²) in [6.45, 7) is 5.48. The fourth-order valence-electron chi connectivity index (χ4n) is 1.92. The van der Waals surface area contributed by atoms with Gasteiger partial charge in [0.15, 0.2) is 5.82 Å². The molecule has 2 rings (SSSR count). The molecule has 1 N–H and O–H groups in total. The van der Waals surface area contributed by atoms with Crippen molar-refractivity contribution >= 4 is 17.4 Å². The lowest BCUT2D eigenvalue weighted by atomic mass is 10.1. The highest BCUT2D eigenvalue weighted by molar-refractivity contribution is 6.32. The van der Waals surface area contributed by atoms with Crippen LogP contribution < -0.4 is 10.5 Å². The number of hydrogen-bond donors (Lipinski definition) is 1. The Morgan fingerprint density at radius 1 is 1.37 bits per heavy atom. The van der Waals surface area contributed by atoms with Crippen molar-refractivity contribution in [3.8, 4) is 0 Å². The van der Waals surface area contributed by atoms with Crippen LogP contribution in [-0.2, 0) is 6.54 Å². The van der Waals surface area contributed by atoms with E-state index in [4.69, 9.17) is 11.6 Å².